The number of rotatable bonds is 7. The highest BCUT2D eigenvalue weighted by Gasteiger charge is 2.29. The van der Waals surface area contributed by atoms with Crippen molar-refractivity contribution >= 4 is 12.1 Å². The summed E-state index contributed by atoms with van der Waals surface area (Å²) in [4.78, 5) is 31.2. The second-order valence-corrected chi connectivity index (χ2v) is 7.27. The molecule has 1 aliphatic rings. The van der Waals surface area contributed by atoms with Gasteiger partial charge < -0.3 is 20.1 Å². The fraction of sp³-hybridized carbons (Fsp3) is 0.261. The zero-order valence-corrected chi connectivity index (χ0v) is 16.6. The number of alkyl carbamates (subject to hydrolysis) is 1. The molecule has 0 aliphatic heterocycles. The van der Waals surface area contributed by atoms with Crippen molar-refractivity contribution in [3.63, 3.8) is 0 Å². The van der Waals surface area contributed by atoms with Crippen LogP contribution in [-0.4, -0.2) is 39.8 Å². The van der Waals surface area contributed by atoms with Crippen molar-refractivity contribution in [2.24, 2.45) is 0 Å². The van der Waals surface area contributed by atoms with Gasteiger partial charge in [-0.1, -0.05) is 55.5 Å². The molecule has 1 aromatic heterocycles. The zero-order valence-electron chi connectivity index (χ0n) is 16.6. The third kappa shape index (κ3) is 3.91. The van der Waals surface area contributed by atoms with E-state index in [4.69, 9.17) is 4.74 Å². The number of hydrogen-bond acceptors (Lipinski definition) is 4. The van der Waals surface area contributed by atoms with E-state index in [1.54, 1.807) is 6.20 Å². The van der Waals surface area contributed by atoms with Crippen LogP contribution in [0.1, 0.15) is 35.5 Å². The maximum absolute atomic E-state index is 12.4. The predicted octanol–water partition coefficient (Wildman–Crippen LogP) is 3.51. The molecule has 1 atom stereocenters. The number of aryl methyl sites for hydroxylation is 1. The summed E-state index contributed by atoms with van der Waals surface area (Å²) in [5, 5.41) is 11.9. The molecular formula is C23H23N3O4. The van der Waals surface area contributed by atoms with Gasteiger partial charge in [-0.25, -0.2) is 14.6 Å². The number of carbonyl (C=O) groups excluding carboxylic acids is 1. The van der Waals surface area contributed by atoms with Crippen LogP contribution in [0.25, 0.3) is 11.1 Å². The van der Waals surface area contributed by atoms with Gasteiger partial charge in [0.25, 0.3) is 0 Å². The number of ether oxygens (including phenoxy) is 1. The smallest absolute Gasteiger partial charge is 0.407 e. The molecule has 0 saturated heterocycles. The first-order chi connectivity index (χ1) is 14.6. The summed E-state index contributed by atoms with van der Waals surface area (Å²) >= 11 is 0. The largest absolute Gasteiger partial charge is 0.480 e. The van der Waals surface area contributed by atoms with Gasteiger partial charge in [0.15, 0.2) is 0 Å². The number of fused-ring (bicyclic) bond motifs is 3. The molecule has 154 valence electrons. The molecule has 1 amide bonds. The lowest BCUT2D eigenvalue weighted by Gasteiger charge is -2.17. The number of benzene rings is 2. The van der Waals surface area contributed by atoms with Gasteiger partial charge in [0.05, 0.1) is 0 Å². The number of H-pyrrole nitrogens is 1. The van der Waals surface area contributed by atoms with Gasteiger partial charge in [0, 0.05) is 30.7 Å². The summed E-state index contributed by atoms with van der Waals surface area (Å²) in [6.07, 6.45) is 1.66. The molecule has 1 unspecified atom stereocenters. The van der Waals surface area contributed by atoms with Crippen molar-refractivity contribution in [3.8, 4) is 11.1 Å². The second-order valence-electron chi connectivity index (χ2n) is 7.27. The van der Waals surface area contributed by atoms with Crippen LogP contribution in [0, 0.1) is 0 Å². The van der Waals surface area contributed by atoms with E-state index in [1.807, 2.05) is 43.3 Å². The molecule has 2 aromatic carbocycles. The number of imidazole rings is 1. The third-order valence-electron chi connectivity index (χ3n) is 5.37. The molecule has 0 saturated carbocycles. The standard InChI is InChI=1S/C23H23N3O4/c1-2-21-24-12-14(25-21)11-20(22(27)28)26-23(29)30-13-19-17-9-5-3-7-15(17)16-8-4-6-10-18(16)19/h3-10,12,19-20H,2,11,13H2,1H3,(H,24,25)(H,26,29)(H,27,28). The van der Waals surface area contributed by atoms with Crippen LogP contribution >= 0.6 is 0 Å². The zero-order chi connectivity index (χ0) is 21.1. The summed E-state index contributed by atoms with van der Waals surface area (Å²) in [5.41, 5.74) is 5.13. The minimum atomic E-state index is -1.13. The lowest BCUT2D eigenvalue weighted by Crippen LogP contribution is -2.43. The van der Waals surface area contributed by atoms with Gasteiger partial charge in [0.1, 0.15) is 18.5 Å². The molecule has 4 rings (SSSR count). The minimum Gasteiger partial charge on any atom is -0.480 e. The Hall–Kier alpha value is -3.61. The number of aromatic amines is 1. The second kappa shape index (κ2) is 8.41. The fourth-order valence-corrected chi connectivity index (χ4v) is 3.89. The van der Waals surface area contributed by atoms with E-state index in [0.717, 1.165) is 34.5 Å². The highest BCUT2D eigenvalue weighted by molar-refractivity contribution is 5.81. The average molecular weight is 405 g/mol. The van der Waals surface area contributed by atoms with Gasteiger partial charge in [-0.05, 0) is 22.3 Å². The molecule has 0 radical (unpaired) electrons. The number of aliphatic carboxylic acids is 1. The Kier molecular flexibility index (Phi) is 5.52. The van der Waals surface area contributed by atoms with Crippen molar-refractivity contribution in [2.75, 3.05) is 6.61 Å². The van der Waals surface area contributed by atoms with E-state index in [1.165, 1.54) is 0 Å². The summed E-state index contributed by atoms with van der Waals surface area (Å²) in [6.45, 7) is 2.09. The topological polar surface area (TPSA) is 104 Å². The van der Waals surface area contributed by atoms with Gasteiger partial charge in [0.2, 0.25) is 0 Å². The molecule has 1 aliphatic carbocycles. The summed E-state index contributed by atoms with van der Waals surface area (Å²) < 4.78 is 5.45. The Morgan fingerprint density at radius 2 is 1.77 bits per heavy atom. The summed E-state index contributed by atoms with van der Waals surface area (Å²) in [6, 6.07) is 15.0. The highest BCUT2D eigenvalue weighted by atomic mass is 16.5. The normalized spacial score (nSPS) is 13.4. The molecule has 0 fully saturated rings. The average Bonchev–Trinajstić information content (AvgIpc) is 3.34. The predicted molar refractivity (Wildman–Crippen MR) is 111 cm³/mol. The lowest BCUT2D eigenvalue weighted by atomic mass is 9.98. The number of nitrogens with zero attached hydrogens (tertiary/aromatic N) is 1. The van der Waals surface area contributed by atoms with Gasteiger partial charge in [-0.15, -0.1) is 0 Å². The van der Waals surface area contributed by atoms with Crippen LogP contribution in [0.5, 0.6) is 0 Å². The molecule has 7 heteroatoms. The lowest BCUT2D eigenvalue weighted by molar-refractivity contribution is -0.139. The van der Waals surface area contributed by atoms with Crippen LogP contribution in [0.2, 0.25) is 0 Å². The van der Waals surface area contributed by atoms with Crippen LogP contribution < -0.4 is 5.32 Å². The van der Waals surface area contributed by atoms with Gasteiger partial charge in [-0.3, -0.25) is 0 Å². The quantitative estimate of drug-likeness (QED) is 0.558. The van der Waals surface area contributed by atoms with E-state index < -0.39 is 18.1 Å². The van der Waals surface area contributed by atoms with Crippen molar-refractivity contribution in [1.29, 1.82) is 0 Å². The third-order valence-corrected chi connectivity index (χ3v) is 5.37. The first-order valence-corrected chi connectivity index (χ1v) is 9.94. The van der Waals surface area contributed by atoms with Crippen molar-refractivity contribution in [2.45, 2.75) is 31.7 Å². The number of aromatic nitrogens is 2. The van der Waals surface area contributed by atoms with E-state index in [2.05, 4.69) is 27.4 Å². The van der Waals surface area contributed by atoms with Crippen molar-refractivity contribution in [1.82, 2.24) is 15.3 Å². The number of amides is 1. The molecular weight excluding hydrogens is 382 g/mol. The summed E-state index contributed by atoms with van der Waals surface area (Å²) in [5.74, 6) is -0.433. The first kappa shape index (κ1) is 19.7. The Labute approximate surface area is 174 Å². The van der Waals surface area contributed by atoms with E-state index >= 15 is 0 Å². The Morgan fingerprint density at radius 1 is 1.13 bits per heavy atom. The van der Waals surface area contributed by atoms with Gasteiger partial charge in [-0.2, -0.15) is 0 Å². The molecule has 3 N–H and O–H groups in total. The molecule has 3 aromatic rings. The van der Waals surface area contributed by atoms with Crippen LogP contribution in [0.4, 0.5) is 4.79 Å². The SMILES string of the molecule is CCc1ncc(CC(NC(=O)OCC2c3ccccc3-c3ccccc32)C(=O)O)[nH]1. The van der Waals surface area contributed by atoms with E-state index in [0.29, 0.717) is 5.69 Å². The summed E-state index contributed by atoms with van der Waals surface area (Å²) in [7, 11) is 0. The first-order valence-electron chi connectivity index (χ1n) is 9.94. The molecule has 7 nitrogen and oxygen atoms in total. The molecule has 30 heavy (non-hydrogen) atoms. The van der Waals surface area contributed by atoms with Crippen molar-refractivity contribution < 1.29 is 19.4 Å². The van der Waals surface area contributed by atoms with Gasteiger partial charge >= 0.3 is 12.1 Å². The van der Waals surface area contributed by atoms with E-state index in [-0.39, 0.29) is 18.9 Å². The Bertz CT molecular complexity index is 1030. The number of carboxylic acids is 1. The van der Waals surface area contributed by atoms with Crippen LogP contribution in [0.3, 0.4) is 0 Å². The Morgan fingerprint density at radius 3 is 2.33 bits per heavy atom. The minimum absolute atomic E-state index is 0.0776. The van der Waals surface area contributed by atoms with Crippen LogP contribution in [-0.2, 0) is 22.4 Å². The number of nitrogens with one attached hydrogen (secondary N) is 2. The molecule has 1 heterocycles. The number of carboxylic acid groups (broad SMARTS) is 1. The van der Waals surface area contributed by atoms with Crippen LogP contribution in [0.15, 0.2) is 54.7 Å². The van der Waals surface area contributed by atoms with Crippen molar-refractivity contribution in [3.05, 3.63) is 77.4 Å². The number of hydrogen-bond donors (Lipinski definition) is 3. The maximum Gasteiger partial charge on any atom is 0.407 e. The van der Waals surface area contributed by atoms with E-state index in [9.17, 15) is 14.7 Å². The Balaban J connectivity index is 1.42. The monoisotopic (exact) mass is 405 g/mol. The maximum atomic E-state index is 12.4. The fourth-order valence-electron chi connectivity index (χ4n) is 3.89. The molecule has 0 spiro atoms. The highest BCUT2D eigenvalue weighted by Crippen LogP contribution is 2.44. The number of carbonyl (C=O) groups is 2. The molecule has 0 bridgehead atoms.